The summed E-state index contributed by atoms with van der Waals surface area (Å²) in [5.41, 5.74) is 3.18. The Bertz CT molecular complexity index is 864. The van der Waals surface area contributed by atoms with E-state index in [1.807, 2.05) is 30.3 Å². The number of rotatable bonds is 5. The van der Waals surface area contributed by atoms with Crippen LogP contribution in [0, 0.1) is 5.92 Å². The van der Waals surface area contributed by atoms with Crippen molar-refractivity contribution < 1.29 is 0 Å². The third kappa shape index (κ3) is 4.27. The van der Waals surface area contributed by atoms with Gasteiger partial charge in [-0.3, -0.25) is 9.97 Å². The molecule has 0 unspecified atom stereocenters. The SMILES string of the molecule is CC(C)CNc1cnc(-c2ccc(Cl)cc2)c(-c2ccncc2Cl)n1. The van der Waals surface area contributed by atoms with Crippen LogP contribution in [-0.4, -0.2) is 21.5 Å². The van der Waals surface area contributed by atoms with Gasteiger partial charge in [-0.2, -0.15) is 0 Å². The molecule has 1 aromatic carbocycles. The molecule has 0 radical (unpaired) electrons. The van der Waals surface area contributed by atoms with Gasteiger partial charge in [0.2, 0.25) is 0 Å². The van der Waals surface area contributed by atoms with E-state index in [0.29, 0.717) is 27.5 Å². The Morgan fingerprint density at radius 1 is 1.00 bits per heavy atom. The number of benzene rings is 1. The second-order valence-electron chi connectivity index (χ2n) is 6.09. The lowest BCUT2D eigenvalue weighted by atomic mass is 10.0. The third-order valence-electron chi connectivity index (χ3n) is 3.61. The molecule has 0 saturated heterocycles. The van der Waals surface area contributed by atoms with Crippen LogP contribution in [0.4, 0.5) is 5.82 Å². The molecule has 2 aromatic heterocycles. The van der Waals surface area contributed by atoms with E-state index in [4.69, 9.17) is 28.2 Å². The topological polar surface area (TPSA) is 50.7 Å². The van der Waals surface area contributed by atoms with Crippen LogP contribution in [0.15, 0.2) is 48.9 Å². The fourth-order valence-corrected chi connectivity index (χ4v) is 2.69. The molecule has 0 aliphatic carbocycles. The highest BCUT2D eigenvalue weighted by Gasteiger charge is 2.15. The summed E-state index contributed by atoms with van der Waals surface area (Å²) in [6.45, 7) is 5.10. The van der Waals surface area contributed by atoms with E-state index >= 15 is 0 Å². The second-order valence-corrected chi connectivity index (χ2v) is 6.93. The van der Waals surface area contributed by atoms with Crippen molar-refractivity contribution in [3.8, 4) is 22.5 Å². The van der Waals surface area contributed by atoms with E-state index in [1.54, 1.807) is 18.6 Å². The maximum absolute atomic E-state index is 6.35. The molecule has 1 N–H and O–H groups in total. The first-order valence-corrected chi connectivity index (χ1v) is 8.77. The predicted molar refractivity (Wildman–Crippen MR) is 104 cm³/mol. The summed E-state index contributed by atoms with van der Waals surface area (Å²) >= 11 is 12.4. The minimum atomic E-state index is 0.505. The molecule has 2 heterocycles. The highest BCUT2D eigenvalue weighted by atomic mass is 35.5. The van der Waals surface area contributed by atoms with Crippen molar-refractivity contribution >= 4 is 29.0 Å². The van der Waals surface area contributed by atoms with Gasteiger partial charge in [-0.1, -0.05) is 49.2 Å². The Morgan fingerprint density at radius 2 is 1.76 bits per heavy atom. The quantitative estimate of drug-likeness (QED) is 0.634. The molecule has 0 fully saturated rings. The van der Waals surface area contributed by atoms with Gasteiger partial charge in [-0.25, -0.2) is 4.98 Å². The van der Waals surface area contributed by atoms with Crippen LogP contribution in [0.5, 0.6) is 0 Å². The monoisotopic (exact) mass is 372 g/mol. The van der Waals surface area contributed by atoms with Gasteiger partial charge in [0.15, 0.2) is 0 Å². The zero-order chi connectivity index (χ0) is 17.8. The van der Waals surface area contributed by atoms with E-state index in [2.05, 4.69) is 29.1 Å². The largest absolute Gasteiger partial charge is 0.369 e. The summed E-state index contributed by atoms with van der Waals surface area (Å²) in [5.74, 6) is 1.22. The molecular weight excluding hydrogens is 355 g/mol. The predicted octanol–water partition coefficient (Wildman–Crippen LogP) is 5.58. The van der Waals surface area contributed by atoms with Gasteiger partial charge < -0.3 is 5.32 Å². The molecule has 0 spiro atoms. The summed E-state index contributed by atoms with van der Waals surface area (Å²) in [6.07, 6.45) is 5.05. The highest BCUT2D eigenvalue weighted by Crippen LogP contribution is 2.34. The lowest BCUT2D eigenvalue weighted by Gasteiger charge is -2.13. The minimum absolute atomic E-state index is 0.505. The molecule has 25 heavy (non-hydrogen) atoms. The minimum Gasteiger partial charge on any atom is -0.369 e. The summed E-state index contributed by atoms with van der Waals surface area (Å²) < 4.78 is 0. The average molecular weight is 373 g/mol. The Balaban J connectivity index is 2.11. The number of hydrogen-bond acceptors (Lipinski definition) is 4. The number of anilines is 1. The average Bonchev–Trinajstić information content (AvgIpc) is 2.61. The fraction of sp³-hybridized carbons (Fsp3) is 0.211. The van der Waals surface area contributed by atoms with E-state index in [9.17, 15) is 0 Å². The van der Waals surface area contributed by atoms with Crippen molar-refractivity contribution in [2.24, 2.45) is 5.92 Å². The molecule has 0 saturated carbocycles. The van der Waals surface area contributed by atoms with Gasteiger partial charge in [0.1, 0.15) is 11.5 Å². The number of hydrogen-bond donors (Lipinski definition) is 1. The number of nitrogens with one attached hydrogen (secondary N) is 1. The zero-order valence-corrected chi connectivity index (χ0v) is 15.5. The standard InChI is InChI=1S/C19H18Cl2N4/c1-12(2)9-23-17-11-24-18(13-3-5-14(20)6-4-13)19(25-17)15-7-8-22-10-16(15)21/h3-8,10-12H,9H2,1-2H3,(H,23,25). The summed E-state index contributed by atoms with van der Waals surface area (Å²) in [5, 5.41) is 4.52. The Labute approximate surface area is 157 Å². The van der Waals surface area contributed by atoms with Crippen LogP contribution in [0.25, 0.3) is 22.5 Å². The zero-order valence-electron chi connectivity index (χ0n) is 14.0. The van der Waals surface area contributed by atoms with Crippen LogP contribution in [0.1, 0.15) is 13.8 Å². The van der Waals surface area contributed by atoms with Crippen molar-refractivity contribution in [1.82, 2.24) is 15.0 Å². The van der Waals surface area contributed by atoms with E-state index in [1.165, 1.54) is 0 Å². The molecule has 3 aromatic rings. The molecule has 128 valence electrons. The molecule has 4 nitrogen and oxygen atoms in total. The molecule has 0 amide bonds. The first-order chi connectivity index (χ1) is 12.0. The molecule has 0 aliphatic heterocycles. The van der Waals surface area contributed by atoms with Gasteiger partial charge in [0.25, 0.3) is 0 Å². The Morgan fingerprint density at radius 3 is 2.44 bits per heavy atom. The third-order valence-corrected chi connectivity index (χ3v) is 4.16. The van der Waals surface area contributed by atoms with E-state index in [0.717, 1.165) is 23.4 Å². The van der Waals surface area contributed by atoms with Crippen LogP contribution >= 0.6 is 23.2 Å². The molecule has 0 aliphatic rings. The summed E-state index contributed by atoms with van der Waals surface area (Å²) in [4.78, 5) is 13.4. The molecule has 6 heteroatoms. The van der Waals surface area contributed by atoms with Crippen LogP contribution in [0.3, 0.4) is 0 Å². The van der Waals surface area contributed by atoms with E-state index < -0.39 is 0 Å². The lowest BCUT2D eigenvalue weighted by Crippen LogP contribution is -2.10. The van der Waals surface area contributed by atoms with Crippen molar-refractivity contribution in [3.63, 3.8) is 0 Å². The van der Waals surface area contributed by atoms with Crippen molar-refractivity contribution in [3.05, 3.63) is 59.0 Å². The van der Waals surface area contributed by atoms with Crippen molar-refractivity contribution in [1.29, 1.82) is 0 Å². The summed E-state index contributed by atoms with van der Waals surface area (Å²) in [6, 6.07) is 9.36. The Kier molecular flexibility index (Phi) is 5.51. The van der Waals surface area contributed by atoms with Gasteiger partial charge in [-0.05, 0) is 24.1 Å². The van der Waals surface area contributed by atoms with Gasteiger partial charge in [0.05, 0.1) is 16.9 Å². The number of nitrogens with zero attached hydrogens (tertiary/aromatic N) is 3. The Hall–Kier alpha value is -2.17. The maximum Gasteiger partial charge on any atom is 0.145 e. The number of aromatic nitrogens is 3. The van der Waals surface area contributed by atoms with Crippen LogP contribution in [-0.2, 0) is 0 Å². The van der Waals surface area contributed by atoms with Crippen LogP contribution in [0.2, 0.25) is 10.0 Å². The van der Waals surface area contributed by atoms with Crippen molar-refractivity contribution in [2.45, 2.75) is 13.8 Å². The van der Waals surface area contributed by atoms with Crippen LogP contribution < -0.4 is 5.32 Å². The van der Waals surface area contributed by atoms with Gasteiger partial charge in [0, 0.05) is 35.1 Å². The fourth-order valence-electron chi connectivity index (χ4n) is 2.36. The molecular formula is C19H18Cl2N4. The second kappa shape index (κ2) is 7.81. The highest BCUT2D eigenvalue weighted by molar-refractivity contribution is 6.33. The van der Waals surface area contributed by atoms with E-state index in [-0.39, 0.29) is 0 Å². The number of halogens is 2. The van der Waals surface area contributed by atoms with Gasteiger partial charge >= 0.3 is 0 Å². The summed E-state index contributed by atoms with van der Waals surface area (Å²) in [7, 11) is 0. The normalized spacial score (nSPS) is 10.9. The lowest BCUT2D eigenvalue weighted by molar-refractivity contribution is 0.687. The first kappa shape index (κ1) is 17.6. The molecule has 0 atom stereocenters. The van der Waals surface area contributed by atoms with Gasteiger partial charge in [-0.15, -0.1) is 0 Å². The smallest absolute Gasteiger partial charge is 0.145 e. The molecule has 0 bridgehead atoms. The first-order valence-electron chi connectivity index (χ1n) is 8.01. The van der Waals surface area contributed by atoms with Crippen molar-refractivity contribution in [2.75, 3.05) is 11.9 Å². The number of pyridine rings is 1. The molecule has 3 rings (SSSR count). The maximum atomic E-state index is 6.35.